The van der Waals surface area contributed by atoms with Crippen LogP contribution < -0.4 is 11.1 Å². The predicted molar refractivity (Wildman–Crippen MR) is 57.7 cm³/mol. The molecular formula is C11H24N2. The quantitative estimate of drug-likeness (QED) is 0.685. The first-order valence-electron chi connectivity index (χ1n) is 5.75. The molecule has 13 heavy (non-hydrogen) atoms. The van der Waals surface area contributed by atoms with Gasteiger partial charge < -0.3 is 11.1 Å². The van der Waals surface area contributed by atoms with Crippen LogP contribution in [0.1, 0.15) is 46.0 Å². The minimum Gasteiger partial charge on any atom is -0.328 e. The standard InChI is InChI=1S/C11H24N2/c1-3-9(4-2)8-13-11-6-5-10(12)7-11/h9-11,13H,3-8,12H2,1-2H3. The number of nitrogens with one attached hydrogen (secondary N) is 1. The molecule has 1 rings (SSSR count). The summed E-state index contributed by atoms with van der Waals surface area (Å²) in [6, 6.07) is 1.16. The summed E-state index contributed by atoms with van der Waals surface area (Å²) in [7, 11) is 0. The van der Waals surface area contributed by atoms with Gasteiger partial charge in [0.15, 0.2) is 0 Å². The first kappa shape index (κ1) is 11.0. The van der Waals surface area contributed by atoms with E-state index in [1.54, 1.807) is 0 Å². The lowest BCUT2D eigenvalue weighted by Gasteiger charge is -2.17. The largest absolute Gasteiger partial charge is 0.328 e. The fourth-order valence-corrected chi connectivity index (χ4v) is 2.11. The van der Waals surface area contributed by atoms with Gasteiger partial charge in [-0.15, -0.1) is 0 Å². The molecule has 78 valence electrons. The maximum atomic E-state index is 5.86. The summed E-state index contributed by atoms with van der Waals surface area (Å²) in [6.07, 6.45) is 6.26. The second kappa shape index (κ2) is 5.61. The van der Waals surface area contributed by atoms with Gasteiger partial charge in [0.1, 0.15) is 0 Å². The molecule has 2 atom stereocenters. The molecular weight excluding hydrogens is 160 g/mol. The van der Waals surface area contributed by atoms with E-state index in [2.05, 4.69) is 19.2 Å². The van der Waals surface area contributed by atoms with Crippen molar-refractivity contribution in [1.29, 1.82) is 0 Å². The molecule has 0 bridgehead atoms. The lowest BCUT2D eigenvalue weighted by Crippen LogP contribution is -2.32. The third-order valence-corrected chi connectivity index (χ3v) is 3.32. The normalized spacial score (nSPS) is 28.6. The maximum absolute atomic E-state index is 5.86. The maximum Gasteiger partial charge on any atom is 0.00824 e. The van der Waals surface area contributed by atoms with Crippen LogP contribution in [0, 0.1) is 5.92 Å². The summed E-state index contributed by atoms with van der Waals surface area (Å²) >= 11 is 0. The van der Waals surface area contributed by atoms with E-state index in [9.17, 15) is 0 Å². The van der Waals surface area contributed by atoms with Crippen LogP contribution in [0.5, 0.6) is 0 Å². The third kappa shape index (κ3) is 3.65. The van der Waals surface area contributed by atoms with Crippen LogP contribution in [0.4, 0.5) is 0 Å². The van der Waals surface area contributed by atoms with Crippen LogP contribution in [0.15, 0.2) is 0 Å². The molecule has 0 aromatic heterocycles. The molecule has 1 aliphatic carbocycles. The first-order chi connectivity index (χ1) is 6.26. The molecule has 2 unspecified atom stereocenters. The highest BCUT2D eigenvalue weighted by Crippen LogP contribution is 2.17. The highest BCUT2D eigenvalue weighted by molar-refractivity contribution is 4.83. The van der Waals surface area contributed by atoms with Crippen molar-refractivity contribution in [2.75, 3.05) is 6.54 Å². The van der Waals surface area contributed by atoms with Crippen molar-refractivity contribution >= 4 is 0 Å². The van der Waals surface area contributed by atoms with E-state index in [0.717, 1.165) is 5.92 Å². The van der Waals surface area contributed by atoms with Crippen molar-refractivity contribution < 1.29 is 0 Å². The van der Waals surface area contributed by atoms with E-state index >= 15 is 0 Å². The van der Waals surface area contributed by atoms with E-state index in [4.69, 9.17) is 5.73 Å². The second-order valence-electron chi connectivity index (χ2n) is 4.36. The molecule has 3 N–H and O–H groups in total. The SMILES string of the molecule is CCC(CC)CNC1CCC(N)C1. The van der Waals surface area contributed by atoms with Gasteiger partial charge in [0.25, 0.3) is 0 Å². The van der Waals surface area contributed by atoms with Crippen molar-refractivity contribution in [3.63, 3.8) is 0 Å². The van der Waals surface area contributed by atoms with E-state index < -0.39 is 0 Å². The molecule has 0 spiro atoms. The van der Waals surface area contributed by atoms with Crippen molar-refractivity contribution in [1.82, 2.24) is 5.32 Å². The Morgan fingerprint density at radius 3 is 2.46 bits per heavy atom. The summed E-state index contributed by atoms with van der Waals surface area (Å²) in [5.41, 5.74) is 5.86. The molecule has 0 saturated heterocycles. The summed E-state index contributed by atoms with van der Waals surface area (Å²) in [5, 5.41) is 3.63. The van der Waals surface area contributed by atoms with Crippen LogP contribution in [0.3, 0.4) is 0 Å². The van der Waals surface area contributed by atoms with Gasteiger partial charge in [0.05, 0.1) is 0 Å². The molecule has 0 radical (unpaired) electrons. The zero-order valence-corrected chi connectivity index (χ0v) is 9.05. The van der Waals surface area contributed by atoms with Gasteiger partial charge in [-0.25, -0.2) is 0 Å². The van der Waals surface area contributed by atoms with Crippen LogP contribution in [-0.4, -0.2) is 18.6 Å². The molecule has 0 aromatic carbocycles. The van der Waals surface area contributed by atoms with E-state index in [0.29, 0.717) is 12.1 Å². The summed E-state index contributed by atoms with van der Waals surface area (Å²) in [6.45, 7) is 5.73. The smallest absolute Gasteiger partial charge is 0.00824 e. The zero-order chi connectivity index (χ0) is 9.68. The number of hydrogen-bond donors (Lipinski definition) is 2. The average molecular weight is 184 g/mol. The Kier molecular flexibility index (Phi) is 4.74. The Balaban J connectivity index is 2.11. The van der Waals surface area contributed by atoms with Gasteiger partial charge in [0.2, 0.25) is 0 Å². The zero-order valence-electron chi connectivity index (χ0n) is 9.05. The van der Waals surface area contributed by atoms with Crippen molar-refractivity contribution in [2.45, 2.75) is 58.0 Å². The fraction of sp³-hybridized carbons (Fsp3) is 1.00. The Hall–Kier alpha value is -0.0800. The fourth-order valence-electron chi connectivity index (χ4n) is 2.11. The molecule has 0 amide bonds. The van der Waals surface area contributed by atoms with Gasteiger partial charge in [-0.2, -0.15) is 0 Å². The van der Waals surface area contributed by atoms with Crippen molar-refractivity contribution in [3.8, 4) is 0 Å². The van der Waals surface area contributed by atoms with Crippen molar-refractivity contribution in [2.24, 2.45) is 11.7 Å². The molecule has 1 fully saturated rings. The summed E-state index contributed by atoms with van der Waals surface area (Å²) in [4.78, 5) is 0. The Labute approximate surface area is 82.3 Å². The number of rotatable bonds is 5. The Morgan fingerprint density at radius 1 is 1.31 bits per heavy atom. The second-order valence-corrected chi connectivity index (χ2v) is 4.36. The van der Waals surface area contributed by atoms with E-state index in [1.807, 2.05) is 0 Å². The summed E-state index contributed by atoms with van der Waals surface area (Å²) < 4.78 is 0. The molecule has 2 nitrogen and oxygen atoms in total. The van der Waals surface area contributed by atoms with Gasteiger partial charge in [-0.1, -0.05) is 26.7 Å². The lowest BCUT2D eigenvalue weighted by molar-refractivity contribution is 0.407. The highest BCUT2D eigenvalue weighted by atomic mass is 14.9. The third-order valence-electron chi connectivity index (χ3n) is 3.32. The predicted octanol–water partition coefficient (Wildman–Crippen LogP) is 1.89. The number of nitrogens with two attached hydrogens (primary N) is 1. The van der Waals surface area contributed by atoms with Gasteiger partial charge >= 0.3 is 0 Å². The van der Waals surface area contributed by atoms with Crippen LogP contribution >= 0.6 is 0 Å². The van der Waals surface area contributed by atoms with Gasteiger partial charge in [0, 0.05) is 12.1 Å². The van der Waals surface area contributed by atoms with Crippen LogP contribution in [0.2, 0.25) is 0 Å². The first-order valence-corrected chi connectivity index (χ1v) is 5.75. The Morgan fingerprint density at radius 2 is 2.00 bits per heavy atom. The molecule has 2 heteroatoms. The molecule has 0 aliphatic heterocycles. The van der Waals surface area contributed by atoms with Gasteiger partial charge in [-0.3, -0.25) is 0 Å². The van der Waals surface area contributed by atoms with E-state index in [1.165, 1.54) is 38.6 Å². The summed E-state index contributed by atoms with van der Waals surface area (Å²) in [5.74, 6) is 0.858. The monoisotopic (exact) mass is 184 g/mol. The average Bonchev–Trinajstić information content (AvgIpc) is 2.53. The molecule has 0 aromatic rings. The molecule has 0 heterocycles. The molecule has 1 saturated carbocycles. The minimum atomic E-state index is 0.458. The van der Waals surface area contributed by atoms with Crippen LogP contribution in [-0.2, 0) is 0 Å². The van der Waals surface area contributed by atoms with Crippen LogP contribution in [0.25, 0.3) is 0 Å². The highest BCUT2D eigenvalue weighted by Gasteiger charge is 2.21. The lowest BCUT2D eigenvalue weighted by atomic mass is 10.0. The topological polar surface area (TPSA) is 38.0 Å². The number of hydrogen-bond acceptors (Lipinski definition) is 2. The van der Waals surface area contributed by atoms with Gasteiger partial charge in [-0.05, 0) is 31.7 Å². The Bertz CT molecular complexity index is 132. The minimum absolute atomic E-state index is 0.458. The van der Waals surface area contributed by atoms with Crippen molar-refractivity contribution in [3.05, 3.63) is 0 Å². The molecule has 1 aliphatic rings. The van der Waals surface area contributed by atoms with E-state index in [-0.39, 0.29) is 0 Å².